The van der Waals surface area contributed by atoms with Gasteiger partial charge < -0.3 is 30.2 Å². The number of aryl methyl sites for hydroxylation is 1. The highest BCUT2D eigenvalue weighted by atomic mass is 28.4. The molecule has 1 aromatic carbocycles. The van der Waals surface area contributed by atoms with E-state index in [0.29, 0.717) is 6.54 Å². The smallest absolute Gasteiger partial charge is 0.228 e. The summed E-state index contributed by atoms with van der Waals surface area (Å²) in [5.74, 6) is 0.301. The van der Waals surface area contributed by atoms with Gasteiger partial charge in [-0.25, -0.2) is 0 Å². The molecular weight excluding hydrogens is 486 g/mol. The van der Waals surface area contributed by atoms with Crippen LogP contribution < -0.4 is 10.6 Å². The van der Waals surface area contributed by atoms with Gasteiger partial charge in [-0.1, -0.05) is 19.1 Å². The molecule has 0 aliphatic carbocycles. The fraction of sp³-hybridized carbons (Fsp3) is 0.714. The monoisotopic (exact) mass is 531 g/mol. The van der Waals surface area contributed by atoms with E-state index in [1.54, 1.807) is 4.90 Å². The number of likely N-dealkylation sites (tertiary alicyclic amines) is 1. The van der Waals surface area contributed by atoms with Gasteiger partial charge in [-0.15, -0.1) is 0 Å². The summed E-state index contributed by atoms with van der Waals surface area (Å²) in [5, 5.41) is 16.0. The highest BCUT2D eigenvalue weighted by Crippen LogP contribution is 2.45. The van der Waals surface area contributed by atoms with E-state index < -0.39 is 8.32 Å². The molecule has 3 heterocycles. The van der Waals surface area contributed by atoms with Gasteiger partial charge in [0.1, 0.15) is 0 Å². The molecule has 3 aliphatic rings. The number of nitrogens with zero attached hydrogens (tertiary/aromatic N) is 1. The minimum absolute atomic E-state index is 0.000221. The number of carbonyl (C=O) groups excluding carboxylic acids is 2. The van der Waals surface area contributed by atoms with Crippen LogP contribution in [-0.4, -0.2) is 79.4 Å². The second-order valence-corrected chi connectivity index (χ2v) is 15.8. The second-order valence-electron chi connectivity index (χ2n) is 11.8. The maximum Gasteiger partial charge on any atom is 0.228 e. The number of aliphatic hydroxyl groups is 1. The number of amides is 2. The number of anilines is 1. The van der Waals surface area contributed by atoms with Gasteiger partial charge in [0.2, 0.25) is 11.8 Å². The second kappa shape index (κ2) is 12.4. The molecule has 2 amide bonds. The molecule has 3 fully saturated rings. The maximum absolute atomic E-state index is 13.1. The molecule has 1 unspecified atom stereocenters. The van der Waals surface area contributed by atoms with Gasteiger partial charge in [-0.05, 0) is 81.8 Å². The van der Waals surface area contributed by atoms with E-state index in [9.17, 15) is 19.5 Å². The van der Waals surface area contributed by atoms with Gasteiger partial charge in [0.05, 0.1) is 37.2 Å². The SMILES string of the molecule is C[C@H]1[C@H]([Si](C)(C)O)[C@@H](CC(=O)N2CCC[C@H]2CO)O[C@H]1CCc1ccc(NC(=O)C2CCCNC2)cc1. The van der Waals surface area contributed by atoms with Crippen molar-refractivity contribution in [2.75, 3.05) is 31.6 Å². The normalized spacial score (nSPS) is 30.5. The first-order valence-corrected chi connectivity index (χ1v) is 17.1. The summed E-state index contributed by atoms with van der Waals surface area (Å²) in [6.45, 7) is 8.45. The lowest BCUT2D eigenvalue weighted by molar-refractivity contribution is -0.135. The van der Waals surface area contributed by atoms with Crippen molar-refractivity contribution in [3.05, 3.63) is 29.8 Å². The Morgan fingerprint density at radius 1 is 1.16 bits per heavy atom. The standard InChI is InChI=1S/C28H45N3O5Si/c1-19-24(13-10-20-8-11-22(12-9-20)30-28(34)21-6-4-14-29-17-21)36-25(27(19)37(2,3)35)16-26(33)31-15-5-7-23(31)18-32/h8-9,11-12,19,21,23-25,27,29,32,35H,4-7,10,13-18H2,1-3H3,(H,30,34)/t19-,21?,23+,24+,25-,27+/m1/s1. The third kappa shape index (κ3) is 7.00. The molecule has 0 saturated carbocycles. The Balaban J connectivity index is 1.33. The van der Waals surface area contributed by atoms with Gasteiger partial charge in [-0.2, -0.15) is 0 Å². The van der Waals surface area contributed by atoms with Crippen LogP contribution in [0.3, 0.4) is 0 Å². The van der Waals surface area contributed by atoms with E-state index in [0.717, 1.165) is 57.3 Å². The van der Waals surface area contributed by atoms with Crippen molar-refractivity contribution in [1.82, 2.24) is 10.2 Å². The van der Waals surface area contributed by atoms with Gasteiger partial charge in [0, 0.05) is 24.3 Å². The van der Waals surface area contributed by atoms with Crippen molar-refractivity contribution < 1.29 is 24.2 Å². The molecule has 37 heavy (non-hydrogen) atoms. The predicted octanol–water partition coefficient (Wildman–Crippen LogP) is 2.90. The number of rotatable bonds is 9. The number of carbonyl (C=O) groups is 2. The van der Waals surface area contributed by atoms with Crippen LogP contribution >= 0.6 is 0 Å². The Bertz CT molecular complexity index is 915. The van der Waals surface area contributed by atoms with Crippen molar-refractivity contribution in [3.8, 4) is 0 Å². The highest BCUT2D eigenvalue weighted by molar-refractivity contribution is 6.71. The number of hydrogen-bond donors (Lipinski definition) is 4. The molecule has 0 spiro atoms. The van der Waals surface area contributed by atoms with E-state index >= 15 is 0 Å². The predicted molar refractivity (Wildman–Crippen MR) is 147 cm³/mol. The number of nitrogens with one attached hydrogen (secondary N) is 2. The van der Waals surface area contributed by atoms with Crippen LogP contribution in [0.4, 0.5) is 5.69 Å². The number of ether oxygens (including phenoxy) is 1. The lowest BCUT2D eigenvalue weighted by Crippen LogP contribution is -2.43. The van der Waals surface area contributed by atoms with Crippen molar-refractivity contribution in [2.24, 2.45) is 11.8 Å². The molecule has 3 saturated heterocycles. The van der Waals surface area contributed by atoms with Crippen LogP contribution in [-0.2, 0) is 20.7 Å². The fourth-order valence-corrected chi connectivity index (χ4v) is 9.24. The van der Waals surface area contributed by atoms with Crippen molar-refractivity contribution in [3.63, 3.8) is 0 Å². The van der Waals surface area contributed by atoms with E-state index in [4.69, 9.17) is 4.74 Å². The minimum atomic E-state index is -2.56. The average molecular weight is 532 g/mol. The van der Waals surface area contributed by atoms with Crippen LogP contribution in [0.1, 0.15) is 51.0 Å². The topological polar surface area (TPSA) is 111 Å². The van der Waals surface area contributed by atoms with Crippen LogP contribution in [0.15, 0.2) is 24.3 Å². The van der Waals surface area contributed by atoms with E-state index in [-0.39, 0.29) is 60.5 Å². The molecule has 3 aliphatic heterocycles. The quantitative estimate of drug-likeness (QED) is 0.365. The molecule has 1 aromatic rings. The molecule has 8 nitrogen and oxygen atoms in total. The minimum Gasteiger partial charge on any atom is -0.432 e. The van der Waals surface area contributed by atoms with Crippen molar-refractivity contribution in [2.45, 2.75) is 88.8 Å². The molecule has 0 aromatic heterocycles. The molecule has 206 valence electrons. The Morgan fingerprint density at radius 2 is 1.92 bits per heavy atom. The summed E-state index contributed by atoms with van der Waals surface area (Å²) in [7, 11) is -2.56. The van der Waals surface area contributed by atoms with Crippen LogP contribution in [0.2, 0.25) is 18.6 Å². The van der Waals surface area contributed by atoms with E-state index in [2.05, 4.69) is 29.7 Å². The van der Waals surface area contributed by atoms with E-state index in [1.165, 1.54) is 5.56 Å². The highest BCUT2D eigenvalue weighted by Gasteiger charge is 2.50. The fourth-order valence-electron chi connectivity index (χ4n) is 6.63. The zero-order valence-corrected chi connectivity index (χ0v) is 23.6. The van der Waals surface area contributed by atoms with Gasteiger partial charge in [0.25, 0.3) is 0 Å². The third-order valence-corrected chi connectivity index (χ3v) is 11.1. The summed E-state index contributed by atoms with van der Waals surface area (Å²) >= 11 is 0. The number of hydrogen-bond acceptors (Lipinski definition) is 6. The molecular formula is C28H45N3O5Si. The van der Waals surface area contributed by atoms with Gasteiger partial charge >= 0.3 is 0 Å². The molecule has 6 atom stereocenters. The molecule has 4 N–H and O–H groups in total. The van der Waals surface area contributed by atoms with Gasteiger partial charge in [-0.3, -0.25) is 9.59 Å². The summed E-state index contributed by atoms with van der Waals surface area (Å²) in [5.41, 5.74) is 1.98. The zero-order chi connectivity index (χ0) is 26.6. The third-order valence-electron chi connectivity index (χ3n) is 8.61. The lowest BCUT2D eigenvalue weighted by Gasteiger charge is -2.31. The largest absolute Gasteiger partial charge is 0.432 e. The number of benzene rings is 1. The first-order valence-electron chi connectivity index (χ1n) is 14.1. The average Bonchev–Trinajstić information content (AvgIpc) is 3.48. The maximum atomic E-state index is 13.1. The van der Waals surface area contributed by atoms with Crippen LogP contribution in [0.25, 0.3) is 0 Å². The summed E-state index contributed by atoms with van der Waals surface area (Å²) in [6.07, 6.45) is 5.33. The first kappa shape index (κ1) is 28.2. The molecule has 9 heteroatoms. The first-order chi connectivity index (χ1) is 17.7. The Labute approximate surface area is 222 Å². The van der Waals surface area contributed by atoms with Crippen LogP contribution in [0.5, 0.6) is 0 Å². The molecule has 0 radical (unpaired) electrons. The Kier molecular flexibility index (Phi) is 9.45. The molecule has 4 rings (SSSR count). The van der Waals surface area contributed by atoms with Gasteiger partial charge in [0.15, 0.2) is 8.32 Å². The lowest BCUT2D eigenvalue weighted by atomic mass is 9.95. The van der Waals surface area contributed by atoms with Crippen molar-refractivity contribution in [1.29, 1.82) is 0 Å². The summed E-state index contributed by atoms with van der Waals surface area (Å²) < 4.78 is 6.48. The Morgan fingerprint density at radius 3 is 2.57 bits per heavy atom. The summed E-state index contributed by atoms with van der Waals surface area (Å²) in [6, 6.07) is 7.95. The van der Waals surface area contributed by atoms with Crippen molar-refractivity contribution >= 4 is 25.8 Å². The summed E-state index contributed by atoms with van der Waals surface area (Å²) in [4.78, 5) is 38.5. The number of aliphatic hydroxyl groups excluding tert-OH is 1. The number of piperidine rings is 1. The zero-order valence-electron chi connectivity index (χ0n) is 22.6. The van der Waals surface area contributed by atoms with Crippen LogP contribution in [0, 0.1) is 11.8 Å². The Hall–Kier alpha value is -1.78. The molecule has 0 bridgehead atoms. The van der Waals surface area contributed by atoms with E-state index in [1.807, 2.05) is 25.2 Å².